The molecule has 1 fully saturated rings. The number of benzene rings is 2. The molecule has 1 atom stereocenters. The molecule has 0 saturated carbocycles. The Morgan fingerprint density at radius 3 is 2.65 bits per heavy atom. The first kappa shape index (κ1) is 18.1. The van der Waals surface area contributed by atoms with Gasteiger partial charge < -0.3 is 16.0 Å². The third-order valence-electron chi connectivity index (χ3n) is 4.38. The lowest BCUT2D eigenvalue weighted by Crippen LogP contribution is -2.46. The molecule has 1 heterocycles. The molecule has 0 spiro atoms. The van der Waals surface area contributed by atoms with Gasteiger partial charge in [0.1, 0.15) is 5.82 Å². The third kappa shape index (κ3) is 4.89. The summed E-state index contributed by atoms with van der Waals surface area (Å²) >= 11 is 0. The number of hydrogen-bond acceptors (Lipinski definition) is 3. The number of rotatable bonds is 5. The van der Waals surface area contributed by atoms with Crippen LogP contribution < -0.4 is 16.0 Å². The van der Waals surface area contributed by atoms with Gasteiger partial charge in [-0.2, -0.15) is 0 Å². The quantitative estimate of drug-likeness (QED) is 0.772. The van der Waals surface area contributed by atoms with Crippen LogP contribution >= 0.6 is 0 Å². The zero-order valence-corrected chi connectivity index (χ0v) is 14.4. The van der Waals surface area contributed by atoms with Crippen LogP contribution in [-0.2, 0) is 11.3 Å². The second kappa shape index (κ2) is 8.58. The van der Waals surface area contributed by atoms with Crippen LogP contribution in [-0.4, -0.2) is 24.4 Å². The van der Waals surface area contributed by atoms with Crippen molar-refractivity contribution in [3.05, 3.63) is 65.5 Å². The lowest BCUT2D eigenvalue weighted by atomic mass is 10.0. The molecule has 0 bridgehead atoms. The van der Waals surface area contributed by atoms with Crippen molar-refractivity contribution in [2.24, 2.45) is 0 Å². The fraction of sp³-hybridized carbons (Fsp3) is 0.300. The highest BCUT2D eigenvalue weighted by Gasteiger charge is 2.19. The molecule has 136 valence electrons. The smallest absolute Gasteiger partial charge is 0.255 e. The maximum absolute atomic E-state index is 12.9. The predicted octanol–water partition coefficient (Wildman–Crippen LogP) is 2.84. The Kier molecular flexibility index (Phi) is 5.96. The molecular weight excluding hydrogens is 333 g/mol. The summed E-state index contributed by atoms with van der Waals surface area (Å²) in [7, 11) is 0. The summed E-state index contributed by atoms with van der Waals surface area (Å²) in [5.41, 5.74) is 1.90. The fourth-order valence-corrected chi connectivity index (χ4v) is 2.95. The van der Waals surface area contributed by atoms with Gasteiger partial charge in [-0.05, 0) is 61.3 Å². The van der Waals surface area contributed by atoms with E-state index in [1.807, 2.05) is 18.2 Å². The van der Waals surface area contributed by atoms with E-state index < -0.39 is 0 Å². The molecule has 1 saturated heterocycles. The molecule has 2 amide bonds. The van der Waals surface area contributed by atoms with Crippen LogP contribution in [0.15, 0.2) is 48.5 Å². The maximum atomic E-state index is 12.9. The van der Waals surface area contributed by atoms with Gasteiger partial charge in [-0.1, -0.05) is 18.6 Å². The minimum atomic E-state index is -0.383. The van der Waals surface area contributed by atoms with Gasteiger partial charge in [0, 0.05) is 17.8 Å². The molecule has 26 heavy (non-hydrogen) atoms. The number of amides is 2. The average Bonchev–Trinajstić information content (AvgIpc) is 2.67. The van der Waals surface area contributed by atoms with E-state index >= 15 is 0 Å². The van der Waals surface area contributed by atoms with Crippen molar-refractivity contribution in [1.29, 1.82) is 0 Å². The molecule has 0 radical (unpaired) electrons. The molecule has 1 aliphatic rings. The molecule has 0 aromatic heterocycles. The Hall–Kier alpha value is -2.73. The summed E-state index contributed by atoms with van der Waals surface area (Å²) in [5, 5.41) is 8.93. The van der Waals surface area contributed by atoms with Crippen LogP contribution in [0.1, 0.15) is 35.2 Å². The van der Waals surface area contributed by atoms with E-state index in [4.69, 9.17) is 0 Å². The van der Waals surface area contributed by atoms with Gasteiger partial charge in [-0.15, -0.1) is 0 Å². The number of anilines is 1. The van der Waals surface area contributed by atoms with E-state index in [2.05, 4.69) is 16.0 Å². The Bertz CT molecular complexity index is 771. The van der Waals surface area contributed by atoms with Gasteiger partial charge in [0.15, 0.2) is 0 Å². The molecule has 3 rings (SSSR count). The summed E-state index contributed by atoms with van der Waals surface area (Å²) in [6, 6.07) is 12.6. The normalized spacial score (nSPS) is 16.7. The van der Waals surface area contributed by atoms with Crippen LogP contribution in [0.4, 0.5) is 10.1 Å². The SMILES string of the molecule is O=C(Nc1cccc(CNC(=O)C2CCCCN2)c1)c1ccc(F)cc1. The first-order chi connectivity index (χ1) is 12.6. The zero-order chi connectivity index (χ0) is 18.4. The van der Waals surface area contributed by atoms with Crippen LogP contribution in [0.25, 0.3) is 0 Å². The number of nitrogens with one attached hydrogen (secondary N) is 3. The Morgan fingerprint density at radius 1 is 1.12 bits per heavy atom. The third-order valence-corrected chi connectivity index (χ3v) is 4.38. The minimum Gasteiger partial charge on any atom is -0.351 e. The largest absolute Gasteiger partial charge is 0.351 e. The van der Waals surface area contributed by atoms with Gasteiger partial charge in [0.25, 0.3) is 5.91 Å². The second-order valence-corrected chi connectivity index (χ2v) is 6.38. The Balaban J connectivity index is 1.56. The maximum Gasteiger partial charge on any atom is 0.255 e. The molecule has 3 N–H and O–H groups in total. The van der Waals surface area contributed by atoms with Crippen molar-refractivity contribution < 1.29 is 14.0 Å². The first-order valence-electron chi connectivity index (χ1n) is 8.79. The standard InChI is InChI=1S/C20H22FN3O2/c21-16-9-7-15(8-10-16)19(25)24-17-5-3-4-14(12-17)13-23-20(26)18-6-1-2-11-22-18/h3-5,7-10,12,18,22H,1-2,6,11,13H2,(H,23,26)(H,24,25). The monoisotopic (exact) mass is 355 g/mol. The number of halogens is 1. The highest BCUT2D eigenvalue weighted by Crippen LogP contribution is 2.13. The zero-order valence-electron chi connectivity index (χ0n) is 14.4. The summed E-state index contributed by atoms with van der Waals surface area (Å²) in [6.07, 6.45) is 3.04. The summed E-state index contributed by atoms with van der Waals surface area (Å²) in [6.45, 7) is 1.28. The van der Waals surface area contributed by atoms with E-state index in [0.717, 1.165) is 31.4 Å². The van der Waals surface area contributed by atoms with E-state index in [-0.39, 0.29) is 23.7 Å². The van der Waals surface area contributed by atoms with Crippen LogP contribution in [0.2, 0.25) is 0 Å². The summed E-state index contributed by atoms with van der Waals surface area (Å²) < 4.78 is 12.9. The highest BCUT2D eigenvalue weighted by atomic mass is 19.1. The van der Waals surface area contributed by atoms with Gasteiger partial charge >= 0.3 is 0 Å². The minimum absolute atomic E-state index is 0.00505. The van der Waals surface area contributed by atoms with Crippen LogP contribution in [0.3, 0.4) is 0 Å². The van der Waals surface area contributed by atoms with Gasteiger partial charge in [0.2, 0.25) is 5.91 Å². The molecule has 0 aliphatic carbocycles. The van der Waals surface area contributed by atoms with Crippen molar-refractivity contribution >= 4 is 17.5 Å². The molecule has 1 aliphatic heterocycles. The number of piperidine rings is 1. The average molecular weight is 355 g/mol. The lowest BCUT2D eigenvalue weighted by molar-refractivity contribution is -0.123. The molecule has 1 unspecified atom stereocenters. The summed E-state index contributed by atoms with van der Waals surface area (Å²) in [5.74, 6) is -0.685. The van der Waals surface area contributed by atoms with E-state index in [9.17, 15) is 14.0 Å². The van der Waals surface area contributed by atoms with Crippen molar-refractivity contribution in [2.45, 2.75) is 31.8 Å². The van der Waals surface area contributed by atoms with Gasteiger partial charge in [-0.3, -0.25) is 9.59 Å². The van der Waals surface area contributed by atoms with E-state index in [1.165, 1.54) is 24.3 Å². The topological polar surface area (TPSA) is 70.2 Å². The van der Waals surface area contributed by atoms with Crippen LogP contribution in [0, 0.1) is 5.82 Å². The van der Waals surface area contributed by atoms with Crippen molar-refractivity contribution in [3.63, 3.8) is 0 Å². The molecule has 6 heteroatoms. The Labute approximate surface area is 152 Å². The molecule has 5 nitrogen and oxygen atoms in total. The first-order valence-corrected chi connectivity index (χ1v) is 8.79. The van der Waals surface area contributed by atoms with Crippen molar-refractivity contribution in [3.8, 4) is 0 Å². The van der Waals surface area contributed by atoms with Crippen molar-refractivity contribution in [1.82, 2.24) is 10.6 Å². The predicted molar refractivity (Wildman–Crippen MR) is 98.3 cm³/mol. The second-order valence-electron chi connectivity index (χ2n) is 6.38. The number of carbonyl (C=O) groups excluding carboxylic acids is 2. The molecule has 2 aromatic carbocycles. The van der Waals surface area contributed by atoms with Gasteiger partial charge in [0.05, 0.1) is 6.04 Å². The lowest BCUT2D eigenvalue weighted by Gasteiger charge is -2.22. The van der Waals surface area contributed by atoms with E-state index in [1.54, 1.807) is 6.07 Å². The van der Waals surface area contributed by atoms with E-state index in [0.29, 0.717) is 17.8 Å². The number of hydrogen-bond donors (Lipinski definition) is 3. The molecular formula is C20H22FN3O2. The Morgan fingerprint density at radius 2 is 1.92 bits per heavy atom. The highest BCUT2D eigenvalue weighted by molar-refractivity contribution is 6.04. The molecule has 2 aromatic rings. The van der Waals surface area contributed by atoms with Crippen molar-refractivity contribution in [2.75, 3.05) is 11.9 Å². The number of carbonyl (C=O) groups is 2. The van der Waals surface area contributed by atoms with Gasteiger partial charge in [-0.25, -0.2) is 4.39 Å². The fourth-order valence-electron chi connectivity index (χ4n) is 2.95. The van der Waals surface area contributed by atoms with Crippen LogP contribution in [0.5, 0.6) is 0 Å². The summed E-state index contributed by atoms with van der Waals surface area (Å²) in [4.78, 5) is 24.4.